The van der Waals surface area contributed by atoms with E-state index in [2.05, 4.69) is 10.2 Å². The third kappa shape index (κ3) is 1.56. The molecule has 2 aromatic heterocycles. The van der Waals surface area contributed by atoms with Gasteiger partial charge >= 0.3 is 0 Å². The minimum absolute atomic E-state index is 0.441. The molecule has 2 N–H and O–H groups in total. The fourth-order valence-electron chi connectivity index (χ4n) is 1.25. The van der Waals surface area contributed by atoms with Crippen molar-refractivity contribution < 1.29 is 4.42 Å². The molecule has 0 radical (unpaired) electrons. The van der Waals surface area contributed by atoms with Gasteiger partial charge in [0.05, 0.1) is 11.8 Å². The van der Waals surface area contributed by atoms with Gasteiger partial charge in [-0.1, -0.05) is 18.3 Å². The van der Waals surface area contributed by atoms with Gasteiger partial charge in [0.1, 0.15) is 10.8 Å². The molecule has 0 spiro atoms. The van der Waals surface area contributed by atoms with Gasteiger partial charge in [0, 0.05) is 13.0 Å². The molecule has 0 fully saturated rings. The van der Waals surface area contributed by atoms with E-state index >= 15 is 0 Å². The van der Waals surface area contributed by atoms with Crippen LogP contribution in [0.4, 0.5) is 0 Å². The molecule has 2 rings (SSSR count). The maximum atomic E-state index is 5.47. The van der Waals surface area contributed by atoms with Crippen LogP contribution >= 0.6 is 11.3 Å². The lowest BCUT2D eigenvalue weighted by molar-refractivity contribution is 0.517. The summed E-state index contributed by atoms with van der Waals surface area (Å²) >= 11 is 1.51. The van der Waals surface area contributed by atoms with Gasteiger partial charge in [-0.3, -0.25) is 0 Å². The molecule has 0 aliphatic rings. The predicted octanol–water partition coefficient (Wildman–Crippen LogP) is 1.82. The molecule has 0 aliphatic carbocycles. The van der Waals surface area contributed by atoms with Crippen LogP contribution in [-0.2, 0) is 13.0 Å². The lowest BCUT2D eigenvalue weighted by Gasteiger charge is -1.92. The topological polar surface area (TPSA) is 64.9 Å². The second-order valence-corrected chi connectivity index (χ2v) is 3.88. The highest BCUT2D eigenvalue weighted by Crippen LogP contribution is 2.27. The van der Waals surface area contributed by atoms with Gasteiger partial charge in [-0.15, -0.1) is 10.2 Å². The molecule has 0 aliphatic heterocycles. The molecule has 4 nitrogen and oxygen atoms in total. The maximum absolute atomic E-state index is 5.47. The van der Waals surface area contributed by atoms with Crippen LogP contribution in [0, 0.1) is 0 Å². The number of rotatable bonds is 3. The molecule has 0 bridgehead atoms. The first kappa shape index (κ1) is 9.36. The fraction of sp³-hybridized carbons (Fsp3) is 0.333. The third-order valence-electron chi connectivity index (χ3n) is 1.94. The van der Waals surface area contributed by atoms with Crippen LogP contribution in [-0.4, -0.2) is 10.2 Å². The Morgan fingerprint density at radius 1 is 1.50 bits per heavy atom. The highest BCUT2D eigenvalue weighted by molar-refractivity contribution is 7.14. The number of aryl methyl sites for hydroxylation is 1. The molecule has 0 unspecified atom stereocenters. The normalized spacial score (nSPS) is 10.7. The highest BCUT2D eigenvalue weighted by atomic mass is 32.1. The van der Waals surface area contributed by atoms with E-state index in [1.165, 1.54) is 11.3 Å². The summed E-state index contributed by atoms with van der Waals surface area (Å²) in [7, 11) is 0. The number of hydrogen-bond acceptors (Lipinski definition) is 5. The number of nitrogens with zero attached hydrogens (tertiary/aromatic N) is 2. The maximum Gasteiger partial charge on any atom is 0.151 e. The van der Waals surface area contributed by atoms with E-state index < -0.39 is 0 Å². The molecule has 74 valence electrons. The first-order valence-electron chi connectivity index (χ1n) is 4.44. The summed E-state index contributed by atoms with van der Waals surface area (Å²) in [6.07, 6.45) is 2.54. The zero-order valence-electron chi connectivity index (χ0n) is 7.86. The molecule has 14 heavy (non-hydrogen) atoms. The summed E-state index contributed by atoms with van der Waals surface area (Å²) in [5.74, 6) is 0.949. The van der Waals surface area contributed by atoms with E-state index in [9.17, 15) is 0 Å². The van der Waals surface area contributed by atoms with Gasteiger partial charge in [0.2, 0.25) is 0 Å². The van der Waals surface area contributed by atoms with Crippen molar-refractivity contribution in [3.63, 3.8) is 0 Å². The van der Waals surface area contributed by atoms with Crippen LogP contribution in [0.3, 0.4) is 0 Å². The van der Waals surface area contributed by atoms with Crippen molar-refractivity contribution in [3.05, 3.63) is 23.1 Å². The Balaban J connectivity index is 2.38. The molecule has 2 aromatic rings. The standard InChI is InChI=1S/C9H11N3OS/c1-2-7-6(3-4-13-7)9-12-11-8(5-10)14-9/h3-4H,2,5,10H2,1H3. The quantitative estimate of drug-likeness (QED) is 0.837. The summed E-state index contributed by atoms with van der Waals surface area (Å²) in [4.78, 5) is 0. The Bertz CT molecular complexity index is 421. The van der Waals surface area contributed by atoms with Crippen molar-refractivity contribution in [2.24, 2.45) is 5.73 Å². The Kier molecular flexibility index (Phi) is 2.60. The third-order valence-corrected chi connectivity index (χ3v) is 2.92. The van der Waals surface area contributed by atoms with Crippen LogP contribution in [0.25, 0.3) is 10.6 Å². The monoisotopic (exact) mass is 209 g/mol. The van der Waals surface area contributed by atoms with E-state index in [0.717, 1.165) is 27.8 Å². The first-order valence-corrected chi connectivity index (χ1v) is 5.26. The summed E-state index contributed by atoms with van der Waals surface area (Å²) in [5.41, 5.74) is 6.50. The molecule has 0 aromatic carbocycles. The predicted molar refractivity (Wildman–Crippen MR) is 54.9 cm³/mol. The number of furan rings is 1. The van der Waals surface area contributed by atoms with Crippen LogP contribution in [0.15, 0.2) is 16.7 Å². The van der Waals surface area contributed by atoms with Crippen molar-refractivity contribution in [3.8, 4) is 10.6 Å². The van der Waals surface area contributed by atoms with Gasteiger partial charge in [-0.25, -0.2) is 0 Å². The van der Waals surface area contributed by atoms with E-state index in [4.69, 9.17) is 10.2 Å². The lowest BCUT2D eigenvalue weighted by Crippen LogP contribution is -1.94. The van der Waals surface area contributed by atoms with Crippen molar-refractivity contribution >= 4 is 11.3 Å². The van der Waals surface area contributed by atoms with Gasteiger partial charge in [-0.05, 0) is 6.07 Å². The Morgan fingerprint density at radius 3 is 3.00 bits per heavy atom. The number of hydrogen-bond donors (Lipinski definition) is 1. The Labute approximate surface area is 85.8 Å². The largest absolute Gasteiger partial charge is 0.469 e. The second-order valence-electron chi connectivity index (χ2n) is 2.82. The first-order chi connectivity index (χ1) is 6.85. The van der Waals surface area contributed by atoms with E-state index in [1.807, 2.05) is 13.0 Å². The average molecular weight is 209 g/mol. The highest BCUT2D eigenvalue weighted by Gasteiger charge is 2.11. The van der Waals surface area contributed by atoms with Crippen LogP contribution in [0.2, 0.25) is 0 Å². The Morgan fingerprint density at radius 2 is 2.36 bits per heavy atom. The zero-order chi connectivity index (χ0) is 9.97. The molecule has 2 heterocycles. The summed E-state index contributed by atoms with van der Waals surface area (Å²) in [6, 6.07) is 1.92. The fourth-order valence-corrected chi connectivity index (χ4v) is 2.01. The number of aromatic nitrogens is 2. The summed E-state index contributed by atoms with van der Waals surface area (Å²) in [6.45, 7) is 2.49. The van der Waals surface area contributed by atoms with E-state index in [-0.39, 0.29) is 0 Å². The van der Waals surface area contributed by atoms with Gasteiger partial charge in [0.15, 0.2) is 5.01 Å². The van der Waals surface area contributed by atoms with Crippen molar-refractivity contribution in [1.29, 1.82) is 0 Å². The number of nitrogens with two attached hydrogens (primary N) is 1. The Hall–Kier alpha value is -1.20. The van der Waals surface area contributed by atoms with E-state index in [1.54, 1.807) is 6.26 Å². The van der Waals surface area contributed by atoms with Crippen LogP contribution in [0.5, 0.6) is 0 Å². The van der Waals surface area contributed by atoms with Gasteiger partial charge < -0.3 is 10.2 Å². The molecule has 0 saturated carbocycles. The van der Waals surface area contributed by atoms with Crippen LogP contribution in [0.1, 0.15) is 17.7 Å². The minimum Gasteiger partial charge on any atom is -0.469 e. The molecule has 0 atom stereocenters. The van der Waals surface area contributed by atoms with Gasteiger partial charge in [0.25, 0.3) is 0 Å². The zero-order valence-corrected chi connectivity index (χ0v) is 8.67. The summed E-state index contributed by atoms with van der Waals surface area (Å²) < 4.78 is 5.32. The SMILES string of the molecule is CCc1occc1-c1nnc(CN)s1. The molecule has 5 heteroatoms. The minimum atomic E-state index is 0.441. The van der Waals surface area contributed by atoms with Gasteiger partial charge in [-0.2, -0.15) is 0 Å². The molecule has 0 saturated heterocycles. The molecule has 0 amide bonds. The van der Waals surface area contributed by atoms with E-state index in [0.29, 0.717) is 6.54 Å². The van der Waals surface area contributed by atoms with Crippen molar-refractivity contribution in [1.82, 2.24) is 10.2 Å². The van der Waals surface area contributed by atoms with Crippen molar-refractivity contribution in [2.75, 3.05) is 0 Å². The van der Waals surface area contributed by atoms with Crippen molar-refractivity contribution in [2.45, 2.75) is 19.9 Å². The average Bonchev–Trinajstić information content (AvgIpc) is 2.85. The van der Waals surface area contributed by atoms with Crippen LogP contribution < -0.4 is 5.73 Å². The molecular weight excluding hydrogens is 198 g/mol. The molecular formula is C9H11N3OS. The smallest absolute Gasteiger partial charge is 0.151 e. The second kappa shape index (κ2) is 3.89. The summed E-state index contributed by atoms with van der Waals surface area (Å²) in [5, 5.41) is 9.77. The lowest BCUT2D eigenvalue weighted by atomic mass is 10.2.